The van der Waals surface area contributed by atoms with Crippen LogP contribution < -0.4 is 10.1 Å². The number of hydrogen-bond acceptors (Lipinski definition) is 3. The molecule has 2 aromatic rings. The molecule has 1 N–H and O–H groups in total. The minimum atomic E-state index is -0.558. The van der Waals surface area contributed by atoms with Gasteiger partial charge in [-0.05, 0) is 44.2 Å². The van der Waals surface area contributed by atoms with Crippen LogP contribution in [0.1, 0.15) is 12.5 Å². The highest BCUT2D eigenvalue weighted by atomic mass is 35.5. The number of ether oxygens (including phenoxy) is 1. The van der Waals surface area contributed by atoms with E-state index in [-0.39, 0.29) is 5.91 Å². The van der Waals surface area contributed by atoms with Crippen LogP contribution in [0.2, 0.25) is 5.02 Å². The maximum Gasteiger partial charge on any atom is 0.260 e. The zero-order chi connectivity index (χ0) is 16.7. The molecule has 5 heteroatoms. The minimum absolute atomic E-state index is 0.130. The van der Waals surface area contributed by atoms with Crippen molar-refractivity contribution in [2.45, 2.75) is 24.8 Å². The SMILES string of the molecule is Cc1ccc(SCCNC(=O)C(C)Oc2cccc(Cl)c2)cc1. The monoisotopic (exact) mass is 349 g/mol. The fraction of sp³-hybridized carbons (Fsp3) is 0.278. The van der Waals surface area contributed by atoms with Gasteiger partial charge in [0.15, 0.2) is 6.10 Å². The fourth-order valence-corrected chi connectivity index (χ4v) is 2.87. The van der Waals surface area contributed by atoms with Gasteiger partial charge in [-0.2, -0.15) is 0 Å². The Morgan fingerprint density at radius 1 is 1.26 bits per heavy atom. The lowest BCUT2D eigenvalue weighted by molar-refractivity contribution is -0.127. The number of hydrogen-bond donors (Lipinski definition) is 1. The standard InChI is InChI=1S/C18H20ClNO2S/c1-13-6-8-17(9-7-13)23-11-10-20-18(21)14(2)22-16-5-3-4-15(19)12-16/h3-9,12,14H,10-11H2,1-2H3,(H,20,21). The molecule has 0 bridgehead atoms. The summed E-state index contributed by atoms with van der Waals surface area (Å²) in [6, 6.07) is 15.4. The van der Waals surface area contributed by atoms with Gasteiger partial charge in [0.25, 0.3) is 5.91 Å². The third-order valence-electron chi connectivity index (χ3n) is 3.17. The number of benzene rings is 2. The third-order valence-corrected chi connectivity index (χ3v) is 4.42. The molecule has 0 fully saturated rings. The quantitative estimate of drug-likeness (QED) is 0.597. The van der Waals surface area contributed by atoms with Gasteiger partial charge in [-0.25, -0.2) is 0 Å². The third kappa shape index (κ3) is 6.16. The largest absolute Gasteiger partial charge is 0.481 e. The van der Waals surface area contributed by atoms with Gasteiger partial charge in [0, 0.05) is 22.2 Å². The van der Waals surface area contributed by atoms with Crippen LogP contribution in [0.3, 0.4) is 0 Å². The van der Waals surface area contributed by atoms with E-state index in [4.69, 9.17) is 16.3 Å². The number of halogens is 1. The Hall–Kier alpha value is -1.65. The van der Waals surface area contributed by atoms with Crippen LogP contribution in [0.5, 0.6) is 5.75 Å². The summed E-state index contributed by atoms with van der Waals surface area (Å²) >= 11 is 7.61. The molecule has 3 nitrogen and oxygen atoms in total. The van der Waals surface area contributed by atoms with Crippen molar-refractivity contribution >= 4 is 29.3 Å². The fourth-order valence-electron chi connectivity index (χ4n) is 1.92. The van der Waals surface area contributed by atoms with E-state index in [0.717, 1.165) is 5.75 Å². The molecule has 0 saturated heterocycles. The van der Waals surface area contributed by atoms with Gasteiger partial charge in [-0.1, -0.05) is 35.4 Å². The van der Waals surface area contributed by atoms with Crippen molar-refractivity contribution in [3.63, 3.8) is 0 Å². The first-order chi connectivity index (χ1) is 11.0. The molecule has 1 atom stereocenters. The normalized spacial score (nSPS) is 11.8. The van der Waals surface area contributed by atoms with Gasteiger partial charge in [0.05, 0.1) is 0 Å². The number of thioether (sulfide) groups is 1. The predicted octanol–water partition coefficient (Wildman–Crippen LogP) is 4.32. The molecule has 0 aliphatic rings. The molecule has 0 aliphatic heterocycles. The topological polar surface area (TPSA) is 38.3 Å². The molecule has 0 saturated carbocycles. The molecule has 1 amide bonds. The summed E-state index contributed by atoms with van der Waals surface area (Å²) in [5.74, 6) is 1.28. The first-order valence-electron chi connectivity index (χ1n) is 7.44. The van der Waals surface area contributed by atoms with Gasteiger partial charge in [0.2, 0.25) is 0 Å². The summed E-state index contributed by atoms with van der Waals surface area (Å²) in [7, 11) is 0. The molecule has 1 unspecified atom stereocenters. The lowest BCUT2D eigenvalue weighted by Gasteiger charge is -2.14. The second-order valence-electron chi connectivity index (χ2n) is 5.17. The van der Waals surface area contributed by atoms with Crippen molar-refractivity contribution in [2.24, 2.45) is 0 Å². The minimum Gasteiger partial charge on any atom is -0.481 e. The molecular weight excluding hydrogens is 330 g/mol. The van der Waals surface area contributed by atoms with Gasteiger partial charge in [-0.15, -0.1) is 11.8 Å². The maximum atomic E-state index is 12.0. The van der Waals surface area contributed by atoms with Crippen LogP contribution in [0.25, 0.3) is 0 Å². The van der Waals surface area contributed by atoms with Crippen molar-refractivity contribution in [3.8, 4) is 5.75 Å². The van der Waals surface area contributed by atoms with Crippen molar-refractivity contribution in [1.82, 2.24) is 5.32 Å². The van der Waals surface area contributed by atoms with Crippen LogP contribution in [-0.2, 0) is 4.79 Å². The average Bonchev–Trinajstić information content (AvgIpc) is 2.53. The highest BCUT2D eigenvalue weighted by molar-refractivity contribution is 7.99. The summed E-state index contributed by atoms with van der Waals surface area (Å²) in [5, 5.41) is 3.47. The van der Waals surface area contributed by atoms with Gasteiger partial charge in [0.1, 0.15) is 5.75 Å². The predicted molar refractivity (Wildman–Crippen MR) is 96.5 cm³/mol. The van der Waals surface area contributed by atoms with Gasteiger partial charge in [-0.3, -0.25) is 4.79 Å². The molecular formula is C18H20ClNO2S. The lowest BCUT2D eigenvalue weighted by Crippen LogP contribution is -2.37. The Bertz CT molecular complexity index is 646. The van der Waals surface area contributed by atoms with Crippen molar-refractivity contribution in [2.75, 3.05) is 12.3 Å². The number of aryl methyl sites for hydroxylation is 1. The first kappa shape index (κ1) is 17.7. The molecule has 23 heavy (non-hydrogen) atoms. The number of amides is 1. The van der Waals surface area contributed by atoms with E-state index in [9.17, 15) is 4.79 Å². The Morgan fingerprint density at radius 3 is 2.70 bits per heavy atom. The molecule has 0 aromatic heterocycles. The summed E-state index contributed by atoms with van der Waals surface area (Å²) in [4.78, 5) is 13.2. The Balaban J connectivity index is 1.70. The van der Waals surface area contributed by atoms with E-state index in [1.807, 2.05) is 0 Å². The smallest absolute Gasteiger partial charge is 0.260 e. The highest BCUT2D eigenvalue weighted by Gasteiger charge is 2.14. The van der Waals surface area contributed by atoms with E-state index >= 15 is 0 Å². The summed E-state index contributed by atoms with van der Waals surface area (Å²) in [6.07, 6.45) is -0.558. The molecule has 0 radical (unpaired) electrons. The average molecular weight is 350 g/mol. The van der Waals surface area contributed by atoms with Crippen molar-refractivity contribution in [3.05, 3.63) is 59.1 Å². The zero-order valence-corrected chi connectivity index (χ0v) is 14.8. The Morgan fingerprint density at radius 2 is 2.00 bits per heavy atom. The maximum absolute atomic E-state index is 12.0. The summed E-state index contributed by atoms with van der Waals surface area (Å²) in [6.45, 7) is 4.39. The summed E-state index contributed by atoms with van der Waals surface area (Å²) < 4.78 is 5.58. The van der Waals surface area contributed by atoms with Crippen molar-refractivity contribution in [1.29, 1.82) is 0 Å². The van der Waals surface area contributed by atoms with Crippen LogP contribution in [-0.4, -0.2) is 24.3 Å². The highest BCUT2D eigenvalue weighted by Crippen LogP contribution is 2.19. The Labute approximate surface area is 146 Å². The second kappa shape index (κ2) is 8.85. The van der Waals surface area contributed by atoms with E-state index < -0.39 is 6.10 Å². The number of rotatable bonds is 7. The molecule has 0 heterocycles. The van der Waals surface area contributed by atoms with Crippen LogP contribution >= 0.6 is 23.4 Å². The van der Waals surface area contributed by atoms with Crippen LogP contribution in [0, 0.1) is 6.92 Å². The van der Waals surface area contributed by atoms with Gasteiger partial charge < -0.3 is 10.1 Å². The number of carbonyl (C=O) groups is 1. The molecule has 0 aliphatic carbocycles. The van der Waals surface area contributed by atoms with E-state index in [0.29, 0.717) is 17.3 Å². The Kier molecular flexibility index (Phi) is 6.81. The molecule has 2 aromatic carbocycles. The van der Waals surface area contributed by atoms with Crippen molar-refractivity contribution < 1.29 is 9.53 Å². The van der Waals surface area contributed by atoms with Crippen LogP contribution in [0.4, 0.5) is 0 Å². The van der Waals surface area contributed by atoms with Gasteiger partial charge >= 0.3 is 0 Å². The molecule has 0 spiro atoms. The van der Waals surface area contributed by atoms with Crippen LogP contribution in [0.15, 0.2) is 53.4 Å². The zero-order valence-electron chi connectivity index (χ0n) is 13.2. The number of carbonyl (C=O) groups excluding carboxylic acids is 1. The van der Waals surface area contributed by atoms with E-state index in [1.54, 1.807) is 43.0 Å². The lowest BCUT2D eigenvalue weighted by atomic mass is 10.2. The molecule has 2 rings (SSSR count). The number of nitrogens with one attached hydrogen (secondary N) is 1. The van der Waals surface area contributed by atoms with E-state index in [1.165, 1.54) is 10.5 Å². The second-order valence-corrected chi connectivity index (χ2v) is 6.77. The summed E-state index contributed by atoms with van der Waals surface area (Å²) in [5.41, 5.74) is 1.25. The molecule has 122 valence electrons. The first-order valence-corrected chi connectivity index (χ1v) is 8.80. The van der Waals surface area contributed by atoms with E-state index in [2.05, 4.69) is 36.5 Å².